The molecule has 0 unspecified atom stereocenters. The summed E-state index contributed by atoms with van der Waals surface area (Å²) in [6.45, 7) is 3.75. The molecule has 1 rings (SSSR count). The Hall–Kier alpha value is -1.36. The van der Waals surface area contributed by atoms with E-state index in [2.05, 4.69) is 15.9 Å². The molecule has 1 aromatic carbocycles. The van der Waals surface area contributed by atoms with Crippen LogP contribution in [0.1, 0.15) is 19.4 Å². The largest absolute Gasteiger partial charge is 0.464 e. The Morgan fingerprint density at radius 3 is 1.89 bits per heavy atom. The second-order valence-corrected chi connectivity index (χ2v) is 4.65. The van der Waals surface area contributed by atoms with Crippen LogP contribution < -0.4 is 0 Å². The molecular formula is C13H15BrO4. The highest BCUT2D eigenvalue weighted by Crippen LogP contribution is 2.34. The predicted octanol–water partition coefficient (Wildman–Crippen LogP) is 2.40. The Morgan fingerprint density at radius 2 is 1.50 bits per heavy atom. The molecule has 0 saturated heterocycles. The molecule has 0 saturated carbocycles. The third kappa shape index (κ3) is 2.90. The summed E-state index contributed by atoms with van der Waals surface area (Å²) >= 11 is 3.18. The van der Waals surface area contributed by atoms with E-state index in [0.717, 1.165) is 0 Å². The minimum absolute atomic E-state index is 0.193. The lowest BCUT2D eigenvalue weighted by Gasteiger charge is -2.23. The third-order valence-electron chi connectivity index (χ3n) is 2.28. The van der Waals surface area contributed by atoms with E-state index in [1.165, 1.54) is 0 Å². The van der Waals surface area contributed by atoms with Gasteiger partial charge in [0, 0.05) is 0 Å². The SMILES string of the molecule is CCOC(=O)C(Br)(C(=O)OCC)c1ccccc1. The van der Waals surface area contributed by atoms with Crippen molar-refractivity contribution < 1.29 is 19.1 Å². The molecule has 0 atom stereocenters. The summed E-state index contributed by atoms with van der Waals surface area (Å²) in [5.41, 5.74) is 0.488. The summed E-state index contributed by atoms with van der Waals surface area (Å²) in [5.74, 6) is -1.34. The molecule has 0 amide bonds. The Balaban J connectivity index is 3.17. The number of hydrogen-bond donors (Lipinski definition) is 0. The molecule has 0 fully saturated rings. The van der Waals surface area contributed by atoms with Crippen molar-refractivity contribution in [3.63, 3.8) is 0 Å². The monoisotopic (exact) mass is 314 g/mol. The lowest BCUT2D eigenvalue weighted by Crippen LogP contribution is -2.40. The molecule has 0 aliphatic heterocycles. The van der Waals surface area contributed by atoms with Crippen LogP contribution in [0, 0.1) is 0 Å². The van der Waals surface area contributed by atoms with Crippen LogP contribution in [-0.2, 0) is 23.4 Å². The number of hydrogen-bond acceptors (Lipinski definition) is 4. The highest BCUT2D eigenvalue weighted by Gasteiger charge is 2.48. The fourth-order valence-corrected chi connectivity index (χ4v) is 1.94. The quantitative estimate of drug-likeness (QED) is 0.476. The van der Waals surface area contributed by atoms with Crippen molar-refractivity contribution in [2.24, 2.45) is 0 Å². The van der Waals surface area contributed by atoms with E-state index in [1.54, 1.807) is 44.2 Å². The van der Waals surface area contributed by atoms with E-state index < -0.39 is 16.3 Å². The summed E-state index contributed by atoms with van der Waals surface area (Å²) in [6.07, 6.45) is 0. The molecule has 0 radical (unpaired) electrons. The first-order valence-corrected chi connectivity index (χ1v) is 6.45. The van der Waals surface area contributed by atoms with Gasteiger partial charge in [-0.15, -0.1) is 0 Å². The molecule has 98 valence electrons. The van der Waals surface area contributed by atoms with Gasteiger partial charge in [-0.1, -0.05) is 46.3 Å². The summed E-state index contributed by atoms with van der Waals surface area (Å²) in [4.78, 5) is 24.0. The van der Waals surface area contributed by atoms with Gasteiger partial charge in [-0.2, -0.15) is 0 Å². The second kappa shape index (κ2) is 6.54. The molecule has 0 N–H and O–H groups in total. The van der Waals surface area contributed by atoms with Gasteiger partial charge in [0.1, 0.15) is 0 Å². The fourth-order valence-electron chi connectivity index (χ4n) is 1.45. The normalized spacial score (nSPS) is 10.8. The van der Waals surface area contributed by atoms with E-state index in [9.17, 15) is 9.59 Å². The number of carbonyl (C=O) groups is 2. The van der Waals surface area contributed by atoms with E-state index in [-0.39, 0.29) is 13.2 Å². The van der Waals surface area contributed by atoms with Gasteiger partial charge in [0.15, 0.2) is 0 Å². The van der Waals surface area contributed by atoms with Gasteiger partial charge in [-0.3, -0.25) is 0 Å². The van der Waals surface area contributed by atoms with Crippen LogP contribution in [0.15, 0.2) is 30.3 Å². The van der Waals surface area contributed by atoms with Gasteiger partial charge < -0.3 is 9.47 Å². The summed E-state index contributed by atoms with van der Waals surface area (Å²) in [5, 5.41) is 0. The zero-order valence-corrected chi connectivity index (χ0v) is 11.9. The molecule has 0 aliphatic carbocycles. The maximum atomic E-state index is 12.0. The van der Waals surface area contributed by atoms with Crippen molar-refractivity contribution in [1.82, 2.24) is 0 Å². The topological polar surface area (TPSA) is 52.6 Å². The van der Waals surface area contributed by atoms with Crippen LogP contribution in [0.4, 0.5) is 0 Å². The van der Waals surface area contributed by atoms with Crippen molar-refractivity contribution in [3.8, 4) is 0 Å². The van der Waals surface area contributed by atoms with Crippen LogP contribution in [0.25, 0.3) is 0 Å². The standard InChI is InChI=1S/C13H15BrO4/c1-3-17-11(15)13(14,12(16)18-4-2)10-8-6-5-7-9-10/h5-9H,3-4H2,1-2H3. The third-order valence-corrected chi connectivity index (χ3v) is 3.39. The van der Waals surface area contributed by atoms with Crippen molar-refractivity contribution in [3.05, 3.63) is 35.9 Å². The number of esters is 2. The van der Waals surface area contributed by atoms with Gasteiger partial charge in [0.2, 0.25) is 4.32 Å². The molecule has 4 nitrogen and oxygen atoms in total. The minimum Gasteiger partial charge on any atom is -0.464 e. The van der Waals surface area contributed by atoms with Crippen molar-refractivity contribution in [2.75, 3.05) is 13.2 Å². The Morgan fingerprint density at radius 1 is 1.06 bits per heavy atom. The molecule has 0 heterocycles. The van der Waals surface area contributed by atoms with Crippen LogP contribution in [-0.4, -0.2) is 25.2 Å². The van der Waals surface area contributed by atoms with Gasteiger partial charge >= 0.3 is 11.9 Å². The smallest absolute Gasteiger partial charge is 0.339 e. The average Bonchev–Trinajstić information content (AvgIpc) is 2.39. The van der Waals surface area contributed by atoms with Crippen molar-refractivity contribution in [1.29, 1.82) is 0 Å². The molecule has 0 spiro atoms. The van der Waals surface area contributed by atoms with Gasteiger partial charge in [-0.25, -0.2) is 9.59 Å². The van der Waals surface area contributed by atoms with E-state index in [1.807, 2.05) is 0 Å². The number of carbonyl (C=O) groups excluding carboxylic acids is 2. The maximum Gasteiger partial charge on any atom is 0.339 e. The molecular weight excluding hydrogens is 300 g/mol. The first-order chi connectivity index (χ1) is 8.57. The highest BCUT2D eigenvalue weighted by atomic mass is 79.9. The van der Waals surface area contributed by atoms with Crippen LogP contribution in [0.5, 0.6) is 0 Å². The van der Waals surface area contributed by atoms with Crippen LogP contribution >= 0.6 is 15.9 Å². The summed E-state index contributed by atoms with van der Waals surface area (Å²) < 4.78 is 8.29. The van der Waals surface area contributed by atoms with E-state index >= 15 is 0 Å². The van der Waals surface area contributed by atoms with Crippen LogP contribution in [0.2, 0.25) is 0 Å². The molecule has 18 heavy (non-hydrogen) atoms. The number of ether oxygens (including phenoxy) is 2. The molecule has 0 aliphatic rings. The first kappa shape index (κ1) is 14.7. The van der Waals surface area contributed by atoms with Gasteiger partial charge in [-0.05, 0) is 19.4 Å². The van der Waals surface area contributed by atoms with Crippen molar-refractivity contribution in [2.45, 2.75) is 18.2 Å². The Bertz CT molecular complexity index is 398. The zero-order chi connectivity index (χ0) is 13.6. The average molecular weight is 315 g/mol. The minimum atomic E-state index is -1.60. The lowest BCUT2D eigenvalue weighted by atomic mass is 9.99. The maximum absolute atomic E-state index is 12.0. The Kier molecular flexibility index (Phi) is 5.34. The number of rotatable bonds is 5. The van der Waals surface area contributed by atoms with E-state index in [4.69, 9.17) is 9.47 Å². The zero-order valence-electron chi connectivity index (χ0n) is 10.3. The molecule has 5 heteroatoms. The predicted molar refractivity (Wildman–Crippen MR) is 70.3 cm³/mol. The molecule has 0 aromatic heterocycles. The fraction of sp³-hybridized carbons (Fsp3) is 0.385. The first-order valence-electron chi connectivity index (χ1n) is 5.66. The van der Waals surface area contributed by atoms with Crippen molar-refractivity contribution >= 4 is 27.9 Å². The number of benzene rings is 1. The highest BCUT2D eigenvalue weighted by molar-refractivity contribution is 9.10. The molecule has 0 bridgehead atoms. The van der Waals surface area contributed by atoms with Gasteiger partial charge in [0.25, 0.3) is 0 Å². The van der Waals surface area contributed by atoms with E-state index in [0.29, 0.717) is 5.56 Å². The molecule has 1 aromatic rings. The number of halogens is 1. The summed E-state index contributed by atoms with van der Waals surface area (Å²) in [6, 6.07) is 8.62. The number of alkyl halides is 1. The second-order valence-electron chi connectivity index (χ2n) is 3.47. The Labute approximate surface area is 114 Å². The van der Waals surface area contributed by atoms with Crippen LogP contribution in [0.3, 0.4) is 0 Å². The lowest BCUT2D eigenvalue weighted by molar-refractivity contribution is -0.158. The van der Waals surface area contributed by atoms with Gasteiger partial charge in [0.05, 0.1) is 13.2 Å². The summed E-state index contributed by atoms with van der Waals surface area (Å²) in [7, 11) is 0.